The molecule has 0 bridgehead atoms. The average molecular weight is 441 g/mol. The highest BCUT2D eigenvalue weighted by molar-refractivity contribution is 7.80. The first-order valence-electron chi connectivity index (χ1n) is 12.9. The van der Waals surface area contributed by atoms with Gasteiger partial charge >= 0.3 is 10.4 Å². The number of rotatable bonds is 8. The minimum absolute atomic E-state index is 0.102. The van der Waals surface area contributed by atoms with E-state index in [4.69, 9.17) is 4.55 Å². The summed E-state index contributed by atoms with van der Waals surface area (Å²) in [5.74, 6) is 4.85. The summed E-state index contributed by atoms with van der Waals surface area (Å²) in [6, 6.07) is 0. The molecule has 0 aromatic heterocycles. The van der Waals surface area contributed by atoms with E-state index in [0.29, 0.717) is 17.3 Å². The number of hydrogen-bond acceptors (Lipinski definition) is 3. The summed E-state index contributed by atoms with van der Waals surface area (Å²) in [5, 5.41) is 0. The van der Waals surface area contributed by atoms with Crippen molar-refractivity contribution in [3.63, 3.8) is 0 Å². The maximum atomic E-state index is 10.6. The quantitative estimate of drug-likeness (QED) is 0.333. The van der Waals surface area contributed by atoms with Gasteiger partial charge in [-0.05, 0) is 105 Å². The van der Waals surface area contributed by atoms with Gasteiger partial charge in [-0.3, -0.25) is 4.55 Å². The largest absolute Gasteiger partial charge is 0.397 e. The smallest absolute Gasteiger partial charge is 0.264 e. The van der Waals surface area contributed by atoms with Crippen molar-refractivity contribution in [2.75, 3.05) is 6.61 Å². The first-order valence-corrected chi connectivity index (χ1v) is 14.2. The zero-order chi connectivity index (χ0) is 21.4. The molecule has 4 fully saturated rings. The predicted molar refractivity (Wildman–Crippen MR) is 120 cm³/mol. The van der Waals surface area contributed by atoms with Crippen molar-refractivity contribution in [2.24, 2.45) is 40.4 Å². The summed E-state index contributed by atoms with van der Waals surface area (Å²) >= 11 is 0. The Bertz CT molecular complexity index is 691. The lowest BCUT2D eigenvalue weighted by Crippen LogP contribution is -2.52. The molecule has 1 N–H and O–H groups in total. The zero-order valence-corrected chi connectivity index (χ0v) is 20.1. The van der Waals surface area contributed by atoms with Crippen LogP contribution in [0.5, 0.6) is 0 Å². The molecule has 4 nitrogen and oxygen atoms in total. The van der Waals surface area contributed by atoms with Crippen LogP contribution < -0.4 is 0 Å². The lowest BCUT2D eigenvalue weighted by atomic mass is 9.45. The molecule has 7 unspecified atom stereocenters. The Morgan fingerprint density at radius 1 is 0.833 bits per heavy atom. The molecule has 0 amide bonds. The van der Waals surface area contributed by atoms with Gasteiger partial charge in [-0.1, -0.05) is 46.0 Å². The number of fused-ring (bicyclic) bond motifs is 5. The van der Waals surface area contributed by atoms with E-state index in [-0.39, 0.29) is 6.61 Å². The summed E-state index contributed by atoms with van der Waals surface area (Å²) in [4.78, 5) is 0. The van der Waals surface area contributed by atoms with Gasteiger partial charge in [0.1, 0.15) is 0 Å². The van der Waals surface area contributed by atoms with Gasteiger partial charge in [0, 0.05) is 0 Å². The molecule has 4 saturated carbocycles. The monoisotopic (exact) mass is 440 g/mol. The molecule has 0 spiro atoms. The van der Waals surface area contributed by atoms with Gasteiger partial charge in [-0.15, -0.1) is 0 Å². The van der Waals surface area contributed by atoms with Gasteiger partial charge in [-0.25, -0.2) is 4.18 Å². The molecule has 0 aromatic rings. The van der Waals surface area contributed by atoms with Crippen molar-refractivity contribution in [1.82, 2.24) is 0 Å². The molecule has 4 aliphatic rings. The summed E-state index contributed by atoms with van der Waals surface area (Å²) in [6.07, 6.45) is 20.2. The van der Waals surface area contributed by atoms with Gasteiger partial charge in [0.2, 0.25) is 0 Å². The van der Waals surface area contributed by atoms with Crippen LogP contribution in [0.4, 0.5) is 0 Å². The van der Waals surface area contributed by atoms with Crippen molar-refractivity contribution < 1.29 is 17.2 Å². The topological polar surface area (TPSA) is 63.6 Å². The molecule has 174 valence electrons. The van der Waals surface area contributed by atoms with E-state index in [0.717, 1.165) is 42.4 Å². The Kier molecular flexibility index (Phi) is 6.93. The Hall–Kier alpha value is -0.130. The van der Waals surface area contributed by atoms with E-state index in [9.17, 15) is 8.42 Å². The number of unbranched alkanes of at least 4 members (excludes halogenated alkanes) is 3. The van der Waals surface area contributed by atoms with Crippen LogP contribution in [0.15, 0.2) is 0 Å². The number of hydrogen-bond donors (Lipinski definition) is 1. The zero-order valence-electron chi connectivity index (χ0n) is 19.3. The highest BCUT2D eigenvalue weighted by atomic mass is 32.3. The molecule has 30 heavy (non-hydrogen) atoms. The molecule has 0 saturated heterocycles. The molecule has 0 aliphatic heterocycles. The fraction of sp³-hybridized carbons (Fsp3) is 1.00. The summed E-state index contributed by atoms with van der Waals surface area (Å²) in [5.41, 5.74) is 1.21. The normalized spacial score (nSPS) is 43.6. The van der Waals surface area contributed by atoms with E-state index in [1.165, 1.54) is 77.0 Å². The second-order valence-electron chi connectivity index (χ2n) is 11.7. The fourth-order valence-electron chi connectivity index (χ4n) is 8.89. The second-order valence-corrected chi connectivity index (χ2v) is 12.8. The summed E-state index contributed by atoms with van der Waals surface area (Å²) in [6.45, 7) is 5.42. The van der Waals surface area contributed by atoms with E-state index >= 15 is 0 Å². The lowest BCUT2D eigenvalue weighted by molar-refractivity contribution is -0.111. The van der Waals surface area contributed by atoms with E-state index in [2.05, 4.69) is 18.0 Å². The first-order chi connectivity index (χ1) is 14.2. The van der Waals surface area contributed by atoms with Gasteiger partial charge in [-0.2, -0.15) is 8.42 Å². The van der Waals surface area contributed by atoms with E-state index in [1.54, 1.807) is 0 Å². The Morgan fingerprint density at radius 2 is 1.60 bits per heavy atom. The lowest BCUT2D eigenvalue weighted by Gasteiger charge is -2.60. The highest BCUT2D eigenvalue weighted by Crippen LogP contribution is 2.67. The molecular weight excluding hydrogens is 396 g/mol. The minimum atomic E-state index is -4.27. The molecule has 5 heteroatoms. The summed E-state index contributed by atoms with van der Waals surface area (Å²) < 4.78 is 34.2. The third kappa shape index (κ3) is 4.50. The minimum Gasteiger partial charge on any atom is -0.264 e. The van der Waals surface area contributed by atoms with Crippen LogP contribution in [0.2, 0.25) is 0 Å². The van der Waals surface area contributed by atoms with Gasteiger partial charge in [0.15, 0.2) is 0 Å². The Labute approximate surface area is 184 Å². The Balaban J connectivity index is 1.28. The maximum Gasteiger partial charge on any atom is 0.397 e. The molecule has 0 aromatic carbocycles. The van der Waals surface area contributed by atoms with Crippen LogP contribution in [-0.4, -0.2) is 19.6 Å². The van der Waals surface area contributed by atoms with Crippen LogP contribution >= 0.6 is 0 Å². The van der Waals surface area contributed by atoms with E-state index < -0.39 is 10.4 Å². The van der Waals surface area contributed by atoms with Crippen molar-refractivity contribution >= 4 is 10.4 Å². The van der Waals surface area contributed by atoms with Crippen LogP contribution in [0.3, 0.4) is 0 Å². The predicted octanol–water partition coefficient (Wildman–Crippen LogP) is 6.81. The molecule has 0 heterocycles. The molecule has 4 aliphatic carbocycles. The van der Waals surface area contributed by atoms with Crippen LogP contribution in [0.25, 0.3) is 0 Å². The molecule has 0 radical (unpaired) electrons. The van der Waals surface area contributed by atoms with E-state index in [1.807, 2.05) is 0 Å². The standard InChI is InChI=1S/C25H44O4S/c1-24-16-7-6-10-19(24)11-13-21-22-14-12-20(25(22,2)17-15-23(21)24)9-5-3-4-8-18-29-30(26,27)28/h19-23H,3-18H2,1-2H3,(H,26,27,28). The van der Waals surface area contributed by atoms with Crippen LogP contribution in [0, 0.1) is 40.4 Å². The molecule has 7 atom stereocenters. The second kappa shape index (κ2) is 9.02. The first kappa shape index (κ1) is 23.0. The summed E-state index contributed by atoms with van der Waals surface area (Å²) in [7, 11) is -4.27. The molecule has 4 rings (SSSR count). The fourth-order valence-corrected chi connectivity index (χ4v) is 9.22. The third-order valence-corrected chi connectivity index (χ3v) is 10.9. The van der Waals surface area contributed by atoms with Crippen LogP contribution in [0.1, 0.15) is 110 Å². The third-order valence-electron chi connectivity index (χ3n) is 10.5. The van der Waals surface area contributed by atoms with Crippen LogP contribution in [-0.2, 0) is 14.6 Å². The average Bonchev–Trinajstić information content (AvgIpc) is 3.02. The van der Waals surface area contributed by atoms with Crippen molar-refractivity contribution in [2.45, 2.75) is 110 Å². The maximum absolute atomic E-state index is 10.6. The SMILES string of the molecule is CC12CCCCC1CCC1C2CCC2(C)C(CCCCCCOS(=O)(=O)O)CCC12. The van der Waals surface area contributed by atoms with Gasteiger partial charge in [0.25, 0.3) is 0 Å². The van der Waals surface area contributed by atoms with Crippen molar-refractivity contribution in [3.8, 4) is 0 Å². The van der Waals surface area contributed by atoms with Crippen molar-refractivity contribution in [1.29, 1.82) is 0 Å². The van der Waals surface area contributed by atoms with Gasteiger partial charge in [0.05, 0.1) is 6.61 Å². The van der Waals surface area contributed by atoms with Crippen molar-refractivity contribution in [3.05, 3.63) is 0 Å². The molecular formula is C25H44O4S. The van der Waals surface area contributed by atoms with Gasteiger partial charge < -0.3 is 0 Å². The Morgan fingerprint density at radius 3 is 2.40 bits per heavy atom. The highest BCUT2D eigenvalue weighted by Gasteiger charge is 2.59.